The molecule has 0 N–H and O–H groups in total. The quantitative estimate of drug-likeness (QED) is 0.735. The summed E-state index contributed by atoms with van der Waals surface area (Å²) in [6.07, 6.45) is 6.17. The average molecular weight is 224 g/mol. The second-order valence-corrected chi connectivity index (χ2v) is 5.40. The van der Waals surface area contributed by atoms with Gasteiger partial charge in [0.05, 0.1) is 9.88 Å². The van der Waals surface area contributed by atoms with Crippen molar-refractivity contribution in [2.45, 2.75) is 19.3 Å². The highest BCUT2D eigenvalue weighted by atomic mass is 32.1. The number of carbonyl (C=O) groups excluding carboxylic acids is 1. The first-order valence-electron chi connectivity index (χ1n) is 5.36. The van der Waals surface area contributed by atoms with Crippen molar-refractivity contribution >= 4 is 17.6 Å². The number of piperidine rings is 1. The zero-order chi connectivity index (χ0) is 10.7. The molecule has 1 fully saturated rings. The summed E-state index contributed by atoms with van der Waals surface area (Å²) in [6, 6.07) is 0. The van der Waals surface area contributed by atoms with Crippen LogP contribution < -0.4 is 0 Å². The number of hydrogen-bond acceptors (Lipinski definition) is 4. The number of aldehydes is 1. The molecule has 4 heteroatoms. The van der Waals surface area contributed by atoms with E-state index < -0.39 is 0 Å². The number of rotatable bonds is 3. The monoisotopic (exact) mass is 224 g/mol. The molecule has 15 heavy (non-hydrogen) atoms. The summed E-state index contributed by atoms with van der Waals surface area (Å²) in [5.41, 5.74) is 0. The molecule has 0 bridgehead atoms. The van der Waals surface area contributed by atoms with Crippen molar-refractivity contribution in [3.05, 3.63) is 16.1 Å². The second kappa shape index (κ2) is 4.86. The molecule has 82 valence electrons. The fraction of sp³-hybridized carbons (Fsp3) is 0.636. The minimum Gasteiger partial charge on any atom is -0.306 e. The maximum atomic E-state index is 10.5. The van der Waals surface area contributed by atoms with Gasteiger partial charge in [-0.05, 0) is 32.4 Å². The lowest BCUT2D eigenvalue weighted by molar-refractivity contribution is 0.112. The topological polar surface area (TPSA) is 33.2 Å². The van der Waals surface area contributed by atoms with Crippen LogP contribution in [-0.2, 0) is 6.42 Å². The summed E-state index contributed by atoms with van der Waals surface area (Å²) in [6.45, 7) is 2.38. The highest BCUT2D eigenvalue weighted by Crippen LogP contribution is 2.22. The van der Waals surface area contributed by atoms with E-state index in [4.69, 9.17) is 0 Å². The molecule has 0 aromatic carbocycles. The molecule has 1 aromatic rings. The predicted molar refractivity (Wildman–Crippen MR) is 61.4 cm³/mol. The Labute approximate surface area is 94.1 Å². The van der Waals surface area contributed by atoms with E-state index in [1.54, 1.807) is 6.20 Å². The minimum atomic E-state index is 0.717. The van der Waals surface area contributed by atoms with Crippen LogP contribution in [0, 0.1) is 5.92 Å². The van der Waals surface area contributed by atoms with Crippen molar-refractivity contribution in [2.75, 3.05) is 20.1 Å². The lowest BCUT2D eigenvalue weighted by atomic mass is 9.95. The van der Waals surface area contributed by atoms with Gasteiger partial charge < -0.3 is 4.90 Å². The van der Waals surface area contributed by atoms with Gasteiger partial charge in [-0.2, -0.15) is 0 Å². The van der Waals surface area contributed by atoms with Crippen LogP contribution in [-0.4, -0.2) is 36.3 Å². The fourth-order valence-corrected chi connectivity index (χ4v) is 3.01. The van der Waals surface area contributed by atoms with Crippen LogP contribution >= 0.6 is 11.3 Å². The standard InChI is InChI=1S/C11H16N2OS/c1-13-4-2-3-9(7-13)5-11-12-6-10(8-14)15-11/h6,8-9H,2-5,7H2,1H3. The highest BCUT2D eigenvalue weighted by molar-refractivity contribution is 7.13. The number of likely N-dealkylation sites (tertiary alicyclic amines) is 1. The van der Waals surface area contributed by atoms with Crippen LogP contribution in [0.25, 0.3) is 0 Å². The largest absolute Gasteiger partial charge is 0.306 e. The molecule has 1 aromatic heterocycles. The van der Waals surface area contributed by atoms with Gasteiger partial charge >= 0.3 is 0 Å². The lowest BCUT2D eigenvalue weighted by Crippen LogP contribution is -2.32. The molecule has 3 nitrogen and oxygen atoms in total. The van der Waals surface area contributed by atoms with Gasteiger partial charge in [-0.1, -0.05) is 0 Å². The molecule has 0 amide bonds. The van der Waals surface area contributed by atoms with Crippen molar-refractivity contribution in [2.24, 2.45) is 5.92 Å². The van der Waals surface area contributed by atoms with Crippen LogP contribution in [0.5, 0.6) is 0 Å². The maximum Gasteiger partial charge on any atom is 0.161 e. The molecule has 2 rings (SSSR count). The lowest BCUT2D eigenvalue weighted by Gasteiger charge is -2.29. The van der Waals surface area contributed by atoms with Crippen LogP contribution in [0.4, 0.5) is 0 Å². The van der Waals surface area contributed by atoms with E-state index in [-0.39, 0.29) is 0 Å². The molecule has 0 saturated carbocycles. The molecular formula is C11H16N2OS. The third-order valence-electron chi connectivity index (χ3n) is 2.87. The normalized spacial score (nSPS) is 22.9. The Morgan fingerprint density at radius 2 is 2.60 bits per heavy atom. The van der Waals surface area contributed by atoms with Gasteiger partial charge in [0.15, 0.2) is 6.29 Å². The third-order valence-corrected chi connectivity index (χ3v) is 3.82. The Bertz CT molecular complexity index is 337. The number of thiazole rings is 1. The SMILES string of the molecule is CN1CCCC(Cc2ncc(C=O)s2)C1. The summed E-state index contributed by atoms with van der Waals surface area (Å²) < 4.78 is 0. The third kappa shape index (κ3) is 2.86. The molecule has 2 heterocycles. The minimum absolute atomic E-state index is 0.717. The fourth-order valence-electron chi connectivity index (χ4n) is 2.16. The van der Waals surface area contributed by atoms with Gasteiger partial charge in [0.25, 0.3) is 0 Å². The molecule has 0 aliphatic carbocycles. The second-order valence-electron chi connectivity index (χ2n) is 4.25. The summed E-state index contributed by atoms with van der Waals surface area (Å²) in [7, 11) is 2.17. The van der Waals surface area contributed by atoms with Crippen molar-refractivity contribution in [1.82, 2.24) is 9.88 Å². The van der Waals surface area contributed by atoms with Crippen molar-refractivity contribution < 1.29 is 4.79 Å². The van der Waals surface area contributed by atoms with Crippen molar-refractivity contribution in [3.8, 4) is 0 Å². The first kappa shape index (κ1) is 10.8. The Kier molecular flexibility index (Phi) is 3.49. The Morgan fingerprint density at radius 1 is 1.73 bits per heavy atom. The molecule has 1 atom stereocenters. The number of aromatic nitrogens is 1. The molecule has 1 saturated heterocycles. The van der Waals surface area contributed by atoms with Gasteiger partial charge in [0, 0.05) is 19.2 Å². The van der Waals surface area contributed by atoms with E-state index in [1.807, 2.05) is 0 Å². The first-order valence-corrected chi connectivity index (χ1v) is 6.18. The molecule has 0 radical (unpaired) electrons. The zero-order valence-electron chi connectivity index (χ0n) is 8.98. The van der Waals surface area contributed by atoms with Crippen molar-refractivity contribution in [3.63, 3.8) is 0 Å². The molecule has 1 unspecified atom stereocenters. The number of nitrogens with zero attached hydrogens (tertiary/aromatic N) is 2. The zero-order valence-corrected chi connectivity index (χ0v) is 9.80. The highest BCUT2D eigenvalue weighted by Gasteiger charge is 2.18. The maximum absolute atomic E-state index is 10.5. The van der Waals surface area contributed by atoms with E-state index in [9.17, 15) is 4.79 Å². The Hall–Kier alpha value is -0.740. The number of hydrogen-bond donors (Lipinski definition) is 0. The summed E-state index contributed by atoms with van der Waals surface area (Å²) >= 11 is 1.53. The van der Waals surface area contributed by atoms with E-state index in [0.29, 0.717) is 0 Å². The van der Waals surface area contributed by atoms with Gasteiger partial charge in [-0.25, -0.2) is 4.98 Å². The summed E-state index contributed by atoms with van der Waals surface area (Å²) in [5, 5.41) is 1.11. The van der Waals surface area contributed by atoms with Gasteiger partial charge in [-0.15, -0.1) is 11.3 Å². The van der Waals surface area contributed by atoms with E-state index in [2.05, 4.69) is 16.9 Å². The van der Waals surface area contributed by atoms with Gasteiger partial charge in [0.1, 0.15) is 0 Å². The average Bonchev–Trinajstić information content (AvgIpc) is 2.65. The predicted octanol–water partition coefficient (Wildman–Crippen LogP) is 1.84. The van der Waals surface area contributed by atoms with Crippen LogP contribution in [0.1, 0.15) is 27.5 Å². The van der Waals surface area contributed by atoms with Crippen LogP contribution in [0.15, 0.2) is 6.20 Å². The van der Waals surface area contributed by atoms with Gasteiger partial charge in [-0.3, -0.25) is 4.79 Å². The molecule has 0 spiro atoms. The van der Waals surface area contributed by atoms with Crippen LogP contribution in [0.2, 0.25) is 0 Å². The van der Waals surface area contributed by atoms with Gasteiger partial charge in [0.2, 0.25) is 0 Å². The van der Waals surface area contributed by atoms with Crippen LogP contribution in [0.3, 0.4) is 0 Å². The summed E-state index contributed by atoms with van der Waals surface area (Å²) in [4.78, 5) is 17.9. The Balaban J connectivity index is 1.92. The van der Waals surface area contributed by atoms with E-state index in [0.717, 1.165) is 35.1 Å². The smallest absolute Gasteiger partial charge is 0.161 e. The molecule has 1 aliphatic heterocycles. The molecule has 1 aliphatic rings. The summed E-state index contributed by atoms with van der Waals surface area (Å²) in [5.74, 6) is 0.717. The van der Waals surface area contributed by atoms with Crippen molar-refractivity contribution in [1.29, 1.82) is 0 Å². The number of carbonyl (C=O) groups is 1. The Morgan fingerprint density at radius 3 is 3.27 bits per heavy atom. The first-order chi connectivity index (χ1) is 7.28. The van der Waals surface area contributed by atoms with E-state index in [1.165, 1.54) is 30.7 Å². The molecular weight excluding hydrogens is 208 g/mol. The van der Waals surface area contributed by atoms with E-state index >= 15 is 0 Å².